The summed E-state index contributed by atoms with van der Waals surface area (Å²) in [6, 6.07) is -0.360. The van der Waals surface area contributed by atoms with Crippen LogP contribution in [-0.4, -0.2) is 29.6 Å². The third-order valence-electron chi connectivity index (χ3n) is 2.25. The summed E-state index contributed by atoms with van der Waals surface area (Å²) in [6.45, 7) is 1.20. The highest BCUT2D eigenvalue weighted by Gasteiger charge is 2.39. The van der Waals surface area contributed by atoms with E-state index < -0.39 is 17.8 Å². The Labute approximate surface area is 87.3 Å². The van der Waals surface area contributed by atoms with Crippen LogP contribution in [0, 0.1) is 5.92 Å². The first-order valence-corrected chi connectivity index (χ1v) is 4.25. The molecule has 1 aliphatic rings. The molecular weight excluding hydrogens is 216 g/mol. The lowest BCUT2D eigenvalue weighted by atomic mass is 10.0. The number of carboxylic acid groups (broad SMARTS) is 1. The molecule has 0 aliphatic carbocycles. The SMILES string of the molecule is CC(CC1CC(F)(F)CN1)C(=O)O.Cl. The van der Waals surface area contributed by atoms with E-state index in [4.69, 9.17) is 5.11 Å². The summed E-state index contributed by atoms with van der Waals surface area (Å²) in [4.78, 5) is 10.4. The number of hydrogen-bond donors (Lipinski definition) is 2. The molecule has 2 N–H and O–H groups in total. The van der Waals surface area contributed by atoms with Crippen LogP contribution in [0.1, 0.15) is 19.8 Å². The molecule has 0 spiro atoms. The summed E-state index contributed by atoms with van der Waals surface area (Å²) in [5, 5.41) is 11.2. The molecule has 2 atom stereocenters. The van der Waals surface area contributed by atoms with Gasteiger partial charge in [0.2, 0.25) is 0 Å². The number of halogens is 3. The minimum absolute atomic E-state index is 0. The van der Waals surface area contributed by atoms with Crippen LogP contribution in [0.3, 0.4) is 0 Å². The van der Waals surface area contributed by atoms with E-state index in [-0.39, 0.29) is 37.8 Å². The molecule has 84 valence electrons. The summed E-state index contributed by atoms with van der Waals surface area (Å²) < 4.78 is 25.3. The number of carboxylic acids is 1. The van der Waals surface area contributed by atoms with Gasteiger partial charge in [-0.15, -0.1) is 12.4 Å². The van der Waals surface area contributed by atoms with Crippen LogP contribution in [0.2, 0.25) is 0 Å². The molecule has 0 radical (unpaired) electrons. The van der Waals surface area contributed by atoms with Crippen LogP contribution >= 0.6 is 12.4 Å². The zero-order valence-electron chi connectivity index (χ0n) is 7.80. The van der Waals surface area contributed by atoms with Gasteiger partial charge in [-0.3, -0.25) is 4.79 Å². The standard InChI is InChI=1S/C8H13F2NO2.ClH/c1-5(7(12)13)2-6-3-8(9,10)4-11-6;/h5-6,11H,2-4H2,1H3,(H,12,13);1H. The fourth-order valence-corrected chi connectivity index (χ4v) is 1.49. The molecule has 14 heavy (non-hydrogen) atoms. The van der Waals surface area contributed by atoms with Gasteiger partial charge in [0.15, 0.2) is 0 Å². The van der Waals surface area contributed by atoms with Gasteiger partial charge >= 0.3 is 5.97 Å². The summed E-state index contributed by atoms with van der Waals surface area (Å²) in [5.74, 6) is -4.16. The molecule has 0 amide bonds. The van der Waals surface area contributed by atoms with Crippen molar-refractivity contribution >= 4 is 18.4 Å². The van der Waals surface area contributed by atoms with Gasteiger partial charge in [-0.1, -0.05) is 6.92 Å². The fraction of sp³-hybridized carbons (Fsp3) is 0.875. The maximum absolute atomic E-state index is 12.6. The maximum atomic E-state index is 12.6. The highest BCUT2D eigenvalue weighted by atomic mass is 35.5. The van der Waals surface area contributed by atoms with E-state index in [9.17, 15) is 13.6 Å². The van der Waals surface area contributed by atoms with Crippen LogP contribution < -0.4 is 5.32 Å². The van der Waals surface area contributed by atoms with Gasteiger partial charge in [0, 0.05) is 12.5 Å². The Morgan fingerprint density at radius 2 is 2.29 bits per heavy atom. The number of rotatable bonds is 3. The highest BCUT2D eigenvalue weighted by molar-refractivity contribution is 5.85. The molecule has 0 aromatic rings. The lowest BCUT2D eigenvalue weighted by molar-refractivity contribution is -0.141. The first-order valence-electron chi connectivity index (χ1n) is 4.25. The van der Waals surface area contributed by atoms with Crippen LogP contribution in [0.15, 0.2) is 0 Å². The van der Waals surface area contributed by atoms with Crippen molar-refractivity contribution < 1.29 is 18.7 Å². The van der Waals surface area contributed by atoms with Crippen LogP contribution in [-0.2, 0) is 4.79 Å². The first kappa shape index (κ1) is 13.6. The number of carbonyl (C=O) groups is 1. The van der Waals surface area contributed by atoms with Crippen molar-refractivity contribution in [3.63, 3.8) is 0 Å². The smallest absolute Gasteiger partial charge is 0.306 e. The van der Waals surface area contributed by atoms with Crippen LogP contribution in [0.5, 0.6) is 0 Å². The van der Waals surface area contributed by atoms with E-state index in [1.807, 2.05) is 0 Å². The van der Waals surface area contributed by atoms with E-state index >= 15 is 0 Å². The van der Waals surface area contributed by atoms with E-state index in [1.54, 1.807) is 0 Å². The monoisotopic (exact) mass is 229 g/mol. The minimum Gasteiger partial charge on any atom is -0.481 e. The van der Waals surface area contributed by atoms with Gasteiger partial charge in [0.25, 0.3) is 5.92 Å². The van der Waals surface area contributed by atoms with Crippen molar-refractivity contribution in [3.05, 3.63) is 0 Å². The summed E-state index contributed by atoms with van der Waals surface area (Å²) >= 11 is 0. The molecule has 1 heterocycles. The summed E-state index contributed by atoms with van der Waals surface area (Å²) in [5.41, 5.74) is 0. The number of hydrogen-bond acceptors (Lipinski definition) is 2. The Hall–Kier alpha value is -0.420. The molecule has 1 saturated heterocycles. The van der Waals surface area contributed by atoms with Crippen molar-refractivity contribution in [2.75, 3.05) is 6.54 Å². The van der Waals surface area contributed by atoms with E-state index in [1.165, 1.54) is 6.92 Å². The van der Waals surface area contributed by atoms with Crippen molar-refractivity contribution in [1.29, 1.82) is 0 Å². The number of aliphatic carboxylic acids is 1. The molecule has 1 aliphatic heterocycles. The molecular formula is C8H14ClF2NO2. The Balaban J connectivity index is 0.00000169. The third kappa shape index (κ3) is 3.75. The molecule has 3 nitrogen and oxygen atoms in total. The Bertz CT molecular complexity index is 214. The Kier molecular flexibility index (Phi) is 4.74. The highest BCUT2D eigenvalue weighted by Crippen LogP contribution is 2.27. The Morgan fingerprint density at radius 3 is 2.64 bits per heavy atom. The second-order valence-electron chi connectivity index (χ2n) is 3.61. The number of nitrogens with one attached hydrogen (secondary N) is 1. The molecule has 1 fully saturated rings. The quantitative estimate of drug-likeness (QED) is 0.772. The minimum atomic E-state index is -2.66. The molecule has 0 aromatic carbocycles. The van der Waals surface area contributed by atoms with Crippen molar-refractivity contribution in [1.82, 2.24) is 5.32 Å². The summed E-state index contributed by atoms with van der Waals surface area (Å²) in [7, 11) is 0. The molecule has 2 unspecified atom stereocenters. The van der Waals surface area contributed by atoms with Crippen molar-refractivity contribution in [2.45, 2.75) is 31.7 Å². The topological polar surface area (TPSA) is 49.3 Å². The van der Waals surface area contributed by atoms with Crippen molar-refractivity contribution in [2.24, 2.45) is 5.92 Å². The van der Waals surface area contributed by atoms with Gasteiger partial charge in [-0.25, -0.2) is 8.78 Å². The van der Waals surface area contributed by atoms with Gasteiger partial charge in [-0.2, -0.15) is 0 Å². The van der Waals surface area contributed by atoms with Gasteiger partial charge < -0.3 is 10.4 Å². The first-order chi connectivity index (χ1) is 5.91. The molecule has 1 rings (SSSR count). The van der Waals surface area contributed by atoms with Crippen LogP contribution in [0.4, 0.5) is 8.78 Å². The van der Waals surface area contributed by atoms with Gasteiger partial charge in [0.05, 0.1) is 12.5 Å². The lowest BCUT2D eigenvalue weighted by Crippen LogP contribution is -2.26. The second kappa shape index (κ2) is 4.89. The largest absolute Gasteiger partial charge is 0.481 e. The molecule has 0 bridgehead atoms. The predicted octanol–water partition coefficient (Wildman–Crippen LogP) is 1.52. The predicted molar refractivity (Wildman–Crippen MR) is 50.0 cm³/mol. The van der Waals surface area contributed by atoms with E-state index in [0.29, 0.717) is 0 Å². The molecule has 0 saturated carbocycles. The van der Waals surface area contributed by atoms with Crippen LogP contribution in [0.25, 0.3) is 0 Å². The van der Waals surface area contributed by atoms with E-state index in [0.717, 1.165) is 0 Å². The van der Waals surface area contributed by atoms with E-state index in [2.05, 4.69) is 5.32 Å². The Morgan fingerprint density at radius 1 is 1.71 bits per heavy atom. The average Bonchev–Trinajstić information content (AvgIpc) is 2.30. The van der Waals surface area contributed by atoms with Gasteiger partial charge in [0.1, 0.15) is 0 Å². The normalized spacial score (nSPS) is 26.6. The third-order valence-corrected chi connectivity index (χ3v) is 2.25. The maximum Gasteiger partial charge on any atom is 0.306 e. The number of alkyl halides is 2. The van der Waals surface area contributed by atoms with Gasteiger partial charge in [-0.05, 0) is 6.42 Å². The second-order valence-corrected chi connectivity index (χ2v) is 3.61. The lowest BCUT2D eigenvalue weighted by Gasteiger charge is -2.12. The average molecular weight is 230 g/mol. The zero-order valence-corrected chi connectivity index (χ0v) is 8.61. The summed E-state index contributed by atoms with van der Waals surface area (Å²) in [6.07, 6.45) is 0.0234. The molecule has 0 aromatic heterocycles. The fourth-order valence-electron chi connectivity index (χ4n) is 1.49. The van der Waals surface area contributed by atoms with Crippen molar-refractivity contribution in [3.8, 4) is 0 Å². The molecule has 6 heteroatoms. The zero-order chi connectivity index (χ0) is 10.1.